The van der Waals surface area contributed by atoms with Crippen molar-refractivity contribution in [3.63, 3.8) is 0 Å². The number of nitrogens with one attached hydrogen (secondary N) is 2. The van der Waals surface area contributed by atoms with Crippen molar-refractivity contribution in [1.29, 1.82) is 0 Å². The summed E-state index contributed by atoms with van der Waals surface area (Å²) in [6, 6.07) is 8.99. The quantitative estimate of drug-likeness (QED) is 0.901. The zero-order valence-corrected chi connectivity index (χ0v) is 13.6. The van der Waals surface area contributed by atoms with E-state index in [4.69, 9.17) is 4.74 Å². The summed E-state index contributed by atoms with van der Waals surface area (Å²) in [6.45, 7) is 1.67. The Kier molecular flexibility index (Phi) is 4.25. The Morgan fingerprint density at radius 1 is 1.22 bits per heavy atom. The number of hydrogen-bond acceptors (Lipinski definition) is 2. The normalized spacial score (nSPS) is 32.2. The Balaban J connectivity index is 1.22. The fraction of sp³-hybridized carbons (Fsp3) is 0.632. The van der Waals surface area contributed by atoms with Crippen LogP contribution < -0.4 is 10.6 Å². The van der Waals surface area contributed by atoms with E-state index in [0.29, 0.717) is 24.0 Å². The zero-order chi connectivity index (χ0) is 15.6. The first-order valence-corrected chi connectivity index (χ1v) is 9.02. The number of urea groups is 1. The van der Waals surface area contributed by atoms with Crippen LogP contribution in [0, 0.1) is 11.8 Å². The van der Waals surface area contributed by atoms with Gasteiger partial charge in [0.1, 0.15) is 0 Å². The van der Waals surface area contributed by atoms with Crippen molar-refractivity contribution in [2.24, 2.45) is 11.8 Å². The van der Waals surface area contributed by atoms with E-state index in [0.717, 1.165) is 38.8 Å². The second kappa shape index (κ2) is 6.52. The molecule has 1 aromatic rings. The standard InChI is InChI=1S/C19H26N2O2/c22-19(21-17-11-18-16(17)6-3-9-23-18)20-12-13-7-8-14-4-1-2-5-15(14)10-13/h1-2,4-5,13,16-18H,3,6-12H2,(H2,20,21,22)/t13-,16+,17-,18+/m1/s1. The number of carbonyl (C=O) groups excluding carboxylic acids is 1. The molecule has 2 fully saturated rings. The average molecular weight is 314 g/mol. The number of fused-ring (bicyclic) bond motifs is 2. The highest BCUT2D eigenvalue weighted by Gasteiger charge is 2.43. The maximum absolute atomic E-state index is 12.1. The lowest BCUT2D eigenvalue weighted by Crippen LogP contribution is -2.59. The molecule has 1 saturated carbocycles. The highest BCUT2D eigenvalue weighted by Crippen LogP contribution is 2.37. The molecule has 1 aliphatic heterocycles. The summed E-state index contributed by atoms with van der Waals surface area (Å²) >= 11 is 0. The van der Waals surface area contributed by atoms with Crippen LogP contribution in [0.5, 0.6) is 0 Å². The first kappa shape index (κ1) is 15.0. The lowest BCUT2D eigenvalue weighted by molar-refractivity contribution is -0.0999. The molecule has 23 heavy (non-hydrogen) atoms. The fourth-order valence-electron chi connectivity index (χ4n) is 4.37. The van der Waals surface area contributed by atoms with Crippen LogP contribution in [0.1, 0.15) is 36.8 Å². The SMILES string of the molecule is O=C(NC[C@@H]1CCc2ccccc2C1)N[C@@H]1C[C@@H]2OCCC[C@H]21. The van der Waals surface area contributed by atoms with Crippen LogP contribution in [0.25, 0.3) is 0 Å². The molecule has 0 spiro atoms. The van der Waals surface area contributed by atoms with E-state index in [1.54, 1.807) is 0 Å². The molecule has 0 unspecified atom stereocenters. The average Bonchev–Trinajstić information content (AvgIpc) is 2.58. The summed E-state index contributed by atoms with van der Waals surface area (Å²) in [5.41, 5.74) is 2.93. The van der Waals surface area contributed by atoms with Crippen LogP contribution in [0.15, 0.2) is 24.3 Å². The van der Waals surface area contributed by atoms with E-state index in [9.17, 15) is 4.79 Å². The van der Waals surface area contributed by atoms with Crippen LogP contribution in [-0.2, 0) is 17.6 Å². The van der Waals surface area contributed by atoms with Gasteiger partial charge in [-0.2, -0.15) is 0 Å². The van der Waals surface area contributed by atoms with Gasteiger partial charge in [0, 0.05) is 25.1 Å². The number of ether oxygens (including phenoxy) is 1. The molecule has 0 bridgehead atoms. The molecule has 2 amide bonds. The van der Waals surface area contributed by atoms with Crippen molar-refractivity contribution in [1.82, 2.24) is 10.6 Å². The molecule has 1 heterocycles. The van der Waals surface area contributed by atoms with Gasteiger partial charge in [-0.25, -0.2) is 4.79 Å². The smallest absolute Gasteiger partial charge is 0.315 e. The Labute approximate surface area is 138 Å². The van der Waals surface area contributed by atoms with E-state index in [2.05, 4.69) is 34.9 Å². The van der Waals surface area contributed by atoms with Crippen molar-refractivity contribution in [2.45, 2.75) is 50.7 Å². The predicted octanol–water partition coefficient (Wildman–Crippen LogP) is 2.66. The molecule has 4 rings (SSSR count). The summed E-state index contributed by atoms with van der Waals surface area (Å²) in [5.74, 6) is 1.10. The number of aryl methyl sites for hydroxylation is 1. The third kappa shape index (κ3) is 3.23. The van der Waals surface area contributed by atoms with Gasteiger partial charge in [-0.1, -0.05) is 24.3 Å². The van der Waals surface area contributed by atoms with Gasteiger partial charge in [-0.05, 0) is 55.6 Å². The van der Waals surface area contributed by atoms with E-state index in [1.165, 1.54) is 24.0 Å². The van der Waals surface area contributed by atoms with Gasteiger partial charge in [0.15, 0.2) is 0 Å². The molecular formula is C19H26N2O2. The molecule has 2 aliphatic carbocycles. The van der Waals surface area contributed by atoms with Gasteiger partial charge in [-0.15, -0.1) is 0 Å². The van der Waals surface area contributed by atoms with Gasteiger partial charge in [0.05, 0.1) is 6.10 Å². The number of benzene rings is 1. The summed E-state index contributed by atoms with van der Waals surface area (Å²) in [4.78, 5) is 12.1. The van der Waals surface area contributed by atoms with Crippen molar-refractivity contribution in [3.8, 4) is 0 Å². The molecule has 3 aliphatic rings. The van der Waals surface area contributed by atoms with Gasteiger partial charge in [-0.3, -0.25) is 0 Å². The number of hydrogen-bond donors (Lipinski definition) is 2. The van der Waals surface area contributed by atoms with Crippen LogP contribution in [0.2, 0.25) is 0 Å². The molecule has 0 radical (unpaired) electrons. The topological polar surface area (TPSA) is 50.4 Å². The van der Waals surface area contributed by atoms with E-state index in [1.807, 2.05) is 0 Å². The molecule has 124 valence electrons. The molecule has 2 N–H and O–H groups in total. The van der Waals surface area contributed by atoms with Crippen molar-refractivity contribution < 1.29 is 9.53 Å². The highest BCUT2D eigenvalue weighted by atomic mass is 16.5. The summed E-state index contributed by atoms with van der Waals surface area (Å²) in [6.07, 6.45) is 7.07. The predicted molar refractivity (Wildman–Crippen MR) is 89.4 cm³/mol. The van der Waals surface area contributed by atoms with Crippen molar-refractivity contribution >= 4 is 6.03 Å². The molecule has 4 atom stereocenters. The maximum Gasteiger partial charge on any atom is 0.315 e. The second-order valence-electron chi connectivity index (χ2n) is 7.29. The second-order valence-corrected chi connectivity index (χ2v) is 7.29. The largest absolute Gasteiger partial charge is 0.378 e. The maximum atomic E-state index is 12.1. The van der Waals surface area contributed by atoms with Crippen molar-refractivity contribution in [3.05, 3.63) is 35.4 Å². The summed E-state index contributed by atoms with van der Waals surface area (Å²) in [7, 11) is 0. The molecule has 4 heteroatoms. The minimum absolute atomic E-state index is 0.00196. The minimum atomic E-state index is -0.00196. The van der Waals surface area contributed by atoms with E-state index < -0.39 is 0 Å². The minimum Gasteiger partial charge on any atom is -0.378 e. The summed E-state index contributed by atoms with van der Waals surface area (Å²) in [5, 5.41) is 6.23. The van der Waals surface area contributed by atoms with Gasteiger partial charge in [0.25, 0.3) is 0 Å². The van der Waals surface area contributed by atoms with Crippen molar-refractivity contribution in [2.75, 3.05) is 13.2 Å². The molecule has 1 saturated heterocycles. The van der Waals surface area contributed by atoms with Crippen LogP contribution in [0.3, 0.4) is 0 Å². The third-order valence-electron chi connectivity index (χ3n) is 5.81. The third-order valence-corrected chi connectivity index (χ3v) is 5.81. The Morgan fingerprint density at radius 3 is 2.96 bits per heavy atom. The number of carbonyl (C=O) groups is 1. The van der Waals surface area contributed by atoms with E-state index in [-0.39, 0.29) is 6.03 Å². The Morgan fingerprint density at radius 2 is 2.09 bits per heavy atom. The molecule has 4 nitrogen and oxygen atoms in total. The van der Waals surface area contributed by atoms with Gasteiger partial charge < -0.3 is 15.4 Å². The lowest BCUT2D eigenvalue weighted by atomic mass is 9.72. The Bertz CT molecular complexity index is 574. The monoisotopic (exact) mass is 314 g/mol. The van der Waals surface area contributed by atoms with Crippen LogP contribution >= 0.6 is 0 Å². The molecule has 1 aromatic carbocycles. The van der Waals surface area contributed by atoms with Gasteiger partial charge >= 0.3 is 6.03 Å². The number of amides is 2. The lowest BCUT2D eigenvalue weighted by Gasteiger charge is -2.47. The van der Waals surface area contributed by atoms with Gasteiger partial charge in [0.2, 0.25) is 0 Å². The Hall–Kier alpha value is -1.55. The molecule has 0 aromatic heterocycles. The number of rotatable bonds is 3. The highest BCUT2D eigenvalue weighted by molar-refractivity contribution is 5.74. The van der Waals surface area contributed by atoms with E-state index >= 15 is 0 Å². The zero-order valence-electron chi connectivity index (χ0n) is 13.6. The molecular weight excluding hydrogens is 288 g/mol. The van der Waals surface area contributed by atoms with Crippen LogP contribution in [-0.4, -0.2) is 31.3 Å². The summed E-state index contributed by atoms with van der Waals surface area (Å²) < 4.78 is 5.71. The van der Waals surface area contributed by atoms with Crippen LogP contribution in [0.4, 0.5) is 4.79 Å². The first-order chi connectivity index (χ1) is 11.3. The fourth-order valence-corrected chi connectivity index (χ4v) is 4.37. The first-order valence-electron chi connectivity index (χ1n) is 9.02.